The highest BCUT2D eigenvalue weighted by Crippen LogP contribution is 2.23. The van der Waals surface area contributed by atoms with E-state index >= 15 is 0 Å². The molecule has 0 saturated heterocycles. The molecular weight excluding hydrogens is 414 g/mol. The van der Waals surface area contributed by atoms with Crippen LogP contribution in [0.4, 0.5) is 0 Å². The quantitative estimate of drug-likeness (QED) is 0.607. The molecular formula is C24H26ClN3O3. The molecule has 0 bridgehead atoms. The molecule has 162 valence electrons. The lowest BCUT2D eigenvalue weighted by molar-refractivity contribution is -0.123. The summed E-state index contributed by atoms with van der Waals surface area (Å²) in [5.41, 5.74) is 1.28. The molecule has 0 aliphatic rings. The zero-order chi connectivity index (χ0) is 22.6. The van der Waals surface area contributed by atoms with Crippen LogP contribution in [-0.4, -0.2) is 32.7 Å². The van der Waals surface area contributed by atoms with Gasteiger partial charge in [0.05, 0.1) is 10.9 Å². The monoisotopic (exact) mass is 439 g/mol. The summed E-state index contributed by atoms with van der Waals surface area (Å²) < 4.78 is 1.39. The third kappa shape index (κ3) is 5.81. The molecule has 0 unspecified atom stereocenters. The van der Waals surface area contributed by atoms with Gasteiger partial charge in [0.15, 0.2) is 0 Å². The van der Waals surface area contributed by atoms with Crippen molar-refractivity contribution in [1.29, 1.82) is 0 Å². The van der Waals surface area contributed by atoms with E-state index in [1.54, 1.807) is 30.3 Å². The first kappa shape index (κ1) is 22.7. The van der Waals surface area contributed by atoms with Crippen molar-refractivity contribution < 1.29 is 9.90 Å². The fourth-order valence-electron chi connectivity index (χ4n) is 3.23. The minimum absolute atomic E-state index is 0.0598. The average Bonchev–Trinajstić information content (AvgIpc) is 2.69. The Hall–Kier alpha value is -2.96. The van der Waals surface area contributed by atoms with Crippen LogP contribution in [0.1, 0.15) is 32.8 Å². The number of carbonyl (C=O) groups excluding carboxylic acids is 1. The lowest BCUT2D eigenvalue weighted by atomic mass is 10.1. The number of nitrogens with zero attached hydrogens (tertiary/aromatic N) is 2. The Balaban J connectivity index is 2.17. The van der Waals surface area contributed by atoms with Gasteiger partial charge in [0.25, 0.3) is 5.56 Å². The molecule has 3 aromatic rings. The van der Waals surface area contributed by atoms with E-state index in [9.17, 15) is 9.59 Å². The number of hydrogen-bond acceptors (Lipinski definition) is 4. The fraction of sp³-hybridized carbons (Fsp3) is 0.292. The van der Waals surface area contributed by atoms with Gasteiger partial charge < -0.3 is 10.4 Å². The number of aliphatic hydroxyl groups is 1. The van der Waals surface area contributed by atoms with Crippen molar-refractivity contribution >= 4 is 34.5 Å². The van der Waals surface area contributed by atoms with Crippen molar-refractivity contribution in [1.82, 2.24) is 14.9 Å². The van der Waals surface area contributed by atoms with Crippen molar-refractivity contribution in [2.75, 3.05) is 6.61 Å². The molecule has 2 N–H and O–H groups in total. The van der Waals surface area contributed by atoms with E-state index in [1.807, 2.05) is 45.1 Å². The molecule has 1 amide bonds. The maximum absolute atomic E-state index is 13.4. The van der Waals surface area contributed by atoms with Gasteiger partial charge in [0.2, 0.25) is 5.91 Å². The van der Waals surface area contributed by atoms with Gasteiger partial charge in [0.1, 0.15) is 12.4 Å². The van der Waals surface area contributed by atoms with E-state index < -0.39 is 5.54 Å². The van der Waals surface area contributed by atoms with Crippen molar-refractivity contribution in [3.63, 3.8) is 0 Å². The highest BCUT2D eigenvalue weighted by atomic mass is 35.5. The van der Waals surface area contributed by atoms with Crippen LogP contribution in [0.25, 0.3) is 28.4 Å². The molecule has 0 fully saturated rings. The van der Waals surface area contributed by atoms with E-state index in [0.717, 1.165) is 5.56 Å². The molecule has 7 heteroatoms. The molecule has 0 aliphatic heterocycles. The Kier molecular flexibility index (Phi) is 6.93. The third-order valence-corrected chi connectivity index (χ3v) is 4.72. The maximum atomic E-state index is 13.4. The number of halogens is 1. The number of amides is 1. The van der Waals surface area contributed by atoms with E-state index in [0.29, 0.717) is 33.7 Å². The van der Waals surface area contributed by atoms with Crippen LogP contribution in [-0.2, 0) is 11.3 Å². The molecule has 0 atom stereocenters. The number of rotatable bonds is 6. The van der Waals surface area contributed by atoms with Gasteiger partial charge in [-0.1, -0.05) is 42.0 Å². The number of aromatic nitrogens is 2. The molecule has 0 spiro atoms. The Morgan fingerprint density at radius 1 is 1.23 bits per heavy atom. The second kappa shape index (κ2) is 9.45. The van der Waals surface area contributed by atoms with Crippen LogP contribution >= 0.6 is 11.6 Å². The first-order valence-electron chi connectivity index (χ1n) is 10.1. The van der Waals surface area contributed by atoms with Crippen LogP contribution in [0.2, 0.25) is 5.02 Å². The first-order chi connectivity index (χ1) is 14.7. The normalized spacial score (nSPS) is 11.9. The van der Waals surface area contributed by atoms with Crippen LogP contribution in [0.15, 0.2) is 53.3 Å². The van der Waals surface area contributed by atoms with Crippen LogP contribution < -0.4 is 10.9 Å². The van der Waals surface area contributed by atoms with E-state index in [4.69, 9.17) is 21.7 Å². The summed E-state index contributed by atoms with van der Waals surface area (Å²) in [5, 5.41) is 12.8. The van der Waals surface area contributed by atoms with Gasteiger partial charge >= 0.3 is 0 Å². The zero-order valence-electron chi connectivity index (χ0n) is 17.9. The molecule has 0 saturated carbocycles. The summed E-state index contributed by atoms with van der Waals surface area (Å²) in [7, 11) is 0. The summed E-state index contributed by atoms with van der Waals surface area (Å²) in [5.74, 6) is 0.102. The predicted molar refractivity (Wildman–Crippen MR) is 125 cm³/mol. The topological polar surface area (TPSA) is 84.2 Å². The number of carbonyl (C=O) groups is 1. The molecule has 0 radical (unpaired) electrons. The second-order valence-electron chi connectivity index (χ2n) is 8.33. The lowest BCUT2D eigenvalue weighted by Crippen LogP contribution is -2.43. The molecule has 3 rings (SSSR count). The predicted octanol–water partition coefficient (Wildman–Crippen LogP) is 4.03. The van der Waals surface area contributed by atoms with Gasteiger partial charge in [-0.2, -0.15) is 0 Å². The SMILES string of the molecule is CC(C)(C)NC(=O)Cn1c(-c2cccc(Cl)c2)nc2ccc(C=CCCO)cc2c1=O. The van der Waals surface area contributed by atoms with Crippen molar-refractivity contribution in [2.45, 2.75) is 39.3 Å². The van der Waals surface area contributed by atoms with Gasteiger partial charge in [-0.15, -0.1) is 0 Å². The first-order valence-corrected chi connectivity index (χ1v) is 10.4. The largest absolute Gasteiger partial charge is 0.396 e. The fourth-order valence-corrected chi connectivity index (χ4v) is 3.42. The number of nitrogens with one attached hydrogen (secondary N) is 1. The smallest absolute Gasteiger partial charge is 0.262 e. The summed E-state index contributed by atoms with van der Waals surface area (Å²) in [6.07, 6.45) is 4.21. The zero-order valence-corrected chi connectivity index (χ0v) is 18.6. The van der Waals surface area contributed by atoms with Crippen molar-refractivity contribution in [3.05, 3.63) is 69.5 Å². The Bertz CT molecular complexity index is 1190. The van der Waals surface area contributed by atoms with Gasteiger partial charge in [-0.25, -0.2) is 4.98 Å². The lowest BCUT2D eigenvalue weighted by Gasteiger charge is -2.21. The standard InChI is InChI=1S/C24H26ClN3O3/c1-24(2,3)27-21(30)15-28-22(17-8-6-9-18(25)14-17)26-20-11-10-16(7-4-5-12-29)13-19(20)23(28)31/h4,6-11,13-14,29H,5,12,15H2,1-3H3,(H,27,30). The number of fused-ring (bicyclic) bond motifs is 1. The molecule has 6 nitrogen and oxygen atoms in total. The molecule has 31 heavy (non-hydrogen) atoms. The molecule has 1 heterocycles. The van der Waals surface area contributed by atoms with Gasteiger partial charge in [-0.05, 0) is 57.0 Å². The number of benzene rings is 2. The Labute approximate surface area is 186 Å². The highest BCUT2D eigenvalue weighted by Gasteiger charge is 2.19. The molecule has 2 aromatic carbocycles. The summed E-state index contributed by atoms with van der Waals surface area (Å²) in [6, 6.07) is 12.4. The third-order valence-electron chi connectivity index (χ3n) is 4.48. The van der Waals surface area contributed by atoms with Crippen LogP contribution in [0.5, 0.6) is 0 Å². The number of aliphatic hydroxyl groups excluding tert-OH is 1. The van der Waals surface area contributed by atoms with Gasteiger partial charge in [-0.3, -0.25) is 14.2 Å². The van der Waals surface area contributed by atoms with Crippen molar-refractivity contribution in [2.24, 2.45) is 0 Å². The Morgan fingerprint density at radius 2 is 2.00 bits per heavy atom. The highest BCUT2D eigenvalue weighted by molar-refractivity contribution is 6.30. The summed E-state index contributed by atoms with van der Waals surface area (Å²) in [6.45, 7) is 5.55. The molecule has 1 aromatic heterocycles. The van der Waals surface area contributed by atoms with E-state index in [-0.39, 0.29) is 24.6 Å². The maximum Gasteiger partial charge on any atom is 0.262 e. The van der Waals surface area contributed by atoms with Crippen LogP contribution in [0.3, 0.4) is 0 Å². The summed E-state index contributed by atoms with van der Waals surface area (Å²) >= 11 is 6.16. The summed E-state index contributed by atoms with van der Waals surface area (Å²) in [4.78, 5) is 30.8. The van der Waals surface area contributed by atoms with Gasteiger partial charge in [0, 0.05) is 22.7 Å². The average molecular weight is 440 g/mol. The van der Waals surface area contributed by atoms with E-state index in [2.05, 4.69) is 5.32 Å². The second-order valence-corrected chi connectivity index (χ2v) is 8.76. The molecule has 0 aliphatic carbocycles. The Morgan fingerprint density at radius 3 is 2.68 bits per heavy atom. The minimum Gasteiger partial charge on any atom is -0.396 e. The van der Waals surface area contributed by atoms with Crippen molar-refractivity contribution in [3.8, 4) is 11.4 Å². The van der Waals surface area contributed by atoms with Crippen LogP contribution in [0, 0.1) is 0 Å². The minimum atomic E-state index is -0.425. The van der Waals surface area contributed by atoms with E-state index in [1.165, 1.54) is 4.57 Å². The number of hydrogen-bond donors (Lipinski definition) is 2.